The second-order valence-corrected chi connectivity index (χ2v) is 5.69. The highest BCUT2D eigenvalue weighted by Crippen LogP contribution is 2.27. The van der Waals surface area contributed by atoms with Crippen LogP contribution in [0.4, 0.5) is 0 Å². The van der Waals surface area contributed by atoms with Crippen LogP contribution in [0.5, 0.6) is 5.75 Å². The fourth-order valence-electron chi connectivity index (χ4n) is 1.41. The summed E-state index contributed by atoms with van der Waals surface area (Å²) in [7, 11) is 0. The van der Waals surface area contributed by atoms with Crippen molar-refractivity contribution in [1.29, 1.82) is 0 Å². The number of ether oxygens (including phenoxy) is 2. The zero-order valence-corrected chi connectivity index (χ0v) is 12.9. The number of carbonyl (C=O) groups is 2. The summed E-state index contributed by atoms with van der Waals surface area (Å²) in [6.07, 6.45) is 1.98. The second kappa shape index (κ2) is 6.95. The van der Waals surface area contributed by atoms with Gasteiger partial charge in [-0.15, -0.1) is 0 Å². The average Bonchev–Trinajstić information content (AvgIpc) is 3.19. The van der Waals surface area contributed by atoms with E-state index in [9.17, 15) is 9.59 Å². The highest BCUT2D eigenvalue weighted by Gasteiger charge is 2.23. The molecule has 7 heteroatoms. The van der Waals surface area contributed by atoms with Crippen LogP contribution in [0.2, 0.25) is 5.02 Å². The van der Waals surface area contributed by atoms with E-state index in [0.29, 0.717) is 10.8 Å². The lowest BCUT2D eigenvalue weighted by atomic mass is 10.3. The van der Waals surface area contributed by atoms with Crippen LogP contribution in [0.1, 0.15) is 12.8 Å². The van der Waals surface area contributed by atoms with Gasteiger partial charge in [0.1, 0.15) is 5.75 Å². The Kier molecular flexibility index (Phi) is 5.25. The van der Waals surface area contributed by atoms with Gasteiger partial charge >= 0.3 is 5.97 Å². The fraction of sp³-hybridized carbons (Fsp3) is 0.385. The van der Waals surface area contributed by atoms with E-state index in [2.05, 4.69) is 21.2 Å². The largest absolute Gasteiger partial charge is 0.480 e. The van der Waals surface area contributed by atoms with Crippen LogP contribution in [-0.2, 0) is 14.3 Å². The van der Waals surface area contributed by atoms with Crippen LogP contribution in [-0.4, -0.2) is 31.1 Å². The van der Waals surface area contributed by atoms with Crippen molar-refractivity contribution in [3.8, 4) is 5.75 Å². The molecule has 1 aromatic carbocycles. The molecule has 0 unspecified atom stereocenters. The molecule has 2 rings (SSSR count). The molecule has 1 N–H and O–H groups in total. The zero-order valence-electron chi connectivity index (χ0n) is 10.5. The number of halogens is 2. The van der Waals surface area contributed by atoms with Crippen LogP contribution in [0.3, 0.4) is 0 Å². The second-order valence-electron chi connectivity index (χ2n) is 4.37. The Labute approximate surface area is 129 Å². The number of carbonyl (C=O) groups excluding carboxylic acids is 2. The topological polar surface area (TPSA) is 64.6 Å². The van der Waals surface area contributed by atoms with Gasteiger partial charge in [0.15, 0.2) is 13.2 Å². The lowest BCUT2D eigenvalue weighted by Gasteiger charge is -2.08. The molecule has 0 spiro atoms. The van der Waals surface area contributed by atoms with Crippen LogP contribution in [0, 0.1) is 0 Å². The van der Waals surface area contributed by atoms with Crippen LogP contribution < -0.4 is 10.1 Å². The van der Waals surface area contributed by atoms with Crippen molar-refractivity contribution in [3.05, 3.63) is 27.7 Å². The third-order valence-electron chi connectivity index (χ3n) is 2.55. The fourth-order valence-corrected chi connectivity index (χ4v) is 2.14. The Morgan fingerprint density at radius 3 is 2.75 bits per heavy atom. The molecule has 0 saturated heterocycles. The zero-order chi connectivity index (χ0) is 14.5. The third-order valence-corrected chi connectivity index (χ3v) is 3.33. The molecule has 0 atom stereocenters. The Morgan fingerprint density at radius 2 is 2.10 bits per heavy atom. The van der Waals surface area contributed by atoms with Gasteiger partial charge in [0.2, 0.25) is 0 Å². The molecule has 1 fully saturated rings. The van der Waals surface area contributed by atoms with Crippen LogP contribution in [0.25, 0.3) is 0 Å². The Morgan fingerprint density at radius 1 is 1.35 bits per heavy atom. The summed E-state index contributed by atoms with van der Waals surface area (Å²) in [5.41, 5.74) is 0. The first-order chi connectivity index (χ1) is 9.54. The van der Waals surface area contributed by atoms with E-state index in [4.69, 9.17) is 21.1 Å². The van der Waals surface area contributed by atoms with Crippen molar-refractivity contribution < 1.29 is 19.1 Å². The molecular weight excluding hydrogens is 350 g/mol. The Hall–Kier alpha value is -1.27. The van der Waals surface area contributed by atoms with Crippen molar-refractivity contribution in [3.63, 3.8) is 0 Å². The summed E-state index contributed by atoms with van der Waals surface area (Å²) in [5.74, 6) is -0.522. The quantitative estimate of drug-likeness (QED) is 0.789. The van der Waals surface area contributed by atoms with Gasteiger partial charge in [0, 0.05) is 10.5 Å². The molecule has 1 saturated carbocycles. The molecule has 1 aliphatic rings. The molecule has 0 aromatic heterocycles. The molecule has 0 aliphatic heterocycles. The molecule has 20 heavy (non-hydrogen) atoms. The lowest BCUT2D eigenvalue weighted by Crippen LogP contribution is -2.31. The van der Waals surface area contributed by atoms with E-state index in [0.717, 1.165) is 17.3 Å². The predicted molar refractivity (Wildman–Crippen MR) is 76.8 cm³/mol. The van der Waals surface area contributed by atoms with Gasteiger partial charge < -0.3 is 14.8 Å². The first-order valence-corrected chi connectivity index (χ1v) is 7.24. The van der Waals surface area contributed by atoms with E-state index in [1.807, 2.05) is 0 Å². The number of hydrogen-bond donors (Lipinski definition) is 1. The Bertz CT molecular complexity index is 519. The highest BCUT2D eigenvalue weighted by atomic mass is 79.9. The van der Waals surface area contributed by atoms with Gasteiger partial charge in [-0.25, -0.2) is 4.79 Å². The SMILES string of the molecule is O=C(COC(=O)COc1ccc(Br)cc1Cl)NC1CC1. The minimum absolute atomic E-state index is 0.249. The van der Waals surface area contributed by atoms with E-state index >= 15 is 0 Å². The maximum Gasteiger partial charge on any atom is 0.344 e. The van der Waals surface area contributed by atoms with Crippen molar-refractivity contribution in [1.82, 2.24) is 5.32 Å². The van der Waals surface area contributed by atoms with E-state index < -0.39 is 5.97 Å². The molecule has 0 bridgehead atoms. The van der Waals surface area contributed by atoms with Crippen molar-refractivity contribution in [2.75, 3.05) is 13.2 Å². The van der Waals surface area contributed by atoms with Crippen molar-refractivity contribution >= 4 is 39.4 Å². The van der Waals surface area contributed by atoms with Gasteiger partial charge in [-0.05, 0) is 31.0 Å². The van der Waals surface area contributed by atoms with Gasteiger partial charge in [0.25, 0.3) is 5.91 Å². The normalized spacial score (nSPS) is 13.7. The number of rotatable bonds is 6. The first-order valence-electron chi connectivity index (χ1n) is 6.07. The lowest BCUT2D eigenvalue weighted by molar-refractivity contribution is -0.150. The highest BCUT2D eigenvalue weighted by molar-refractivity contribution is 9.10. The summed E-state index contributed by atoms with van der Waals surface area (Å²) in [6, 6.07) is 5.29. The smallest absolute Gasteiger partial charge is 0.344 e. The molecule has 1 aromatic rings. The minimum Gasteiger partial charge on any atom is -0.480 e. The summed E-state index contributed by atoms with van der Waals surface area (Å²) in [4.78, 5) is 22.7. The van der Waals surface area contributed by atoms with Gasteiger partial charge in [-0.3, -0.25) is 4.79 Å². The van der Waals surface area contributed by atoms with Gasteiger partial charge in [-0.1, -0.05) is 27.5 Å². The standard InChI is InChI=1S/C13H13BrClNO4/c14-8-1-4-11(10(15)5-8)19-7-13(18)20-6-12(17)16-9-2-3-9/h1,4-5,9H,2-3,6-7H2,(H,16,17). The average molecular weight is 363 g/mol. The summed E-state index contributed by atoms with van der Waals surface area (Å²) >= 11 is 9.20. The van der Waals surface area contributed by atoms with Crippen molar-refractivity contribution in [2.45, 2.75) is 18.9 Å². The predicted octanol–water partition coefficient (Wildman–Crippen LogP) is 2.30. The third kappa shape index (κ3) is 5.02. The monoisotopic (exact) mass is 361 g/mol. The molecule has 108 valence electrons. The van der Waals surface area contributed by atoms with Crippen molar-refractivity contribution in [2.24, 2.45) is 0 Å². The first kappa shape index (κ1) is 15.1. The van der Waals surface area contributed by atoms with Crippen LogP contribution in [0.15, 0.2) is 22.7 Å². The molecule has 1 amide bonds. The molecule has 0 radical (unpaired) electrons. The summed E-state index contributed by atoms with van der Waals surface area (Å²) in [5, 5.41) is 3.10. The van der Waals surface area contributed by atoms with Crippen LogP contribution >= 0.6 is 27.5 Å². The molecular formula is C13H13BrClNO4. The number of esters is 1. The minimum atomic E-state index is -0.616. The summed E-state index contributed by atoms with van der Waals surface area (Å²) < 4.78 is 10.8. The van der Waals surface area contributed by atoms with E-state index in [-0.39, 0.29) is 25.2 Å². The van der Waals surface area contributed by atoms with E-state index in [1.54, 1.807) is 18.2 Å². The number of benzene rings is 1. The Balaban J connectivity index is 1.70. The number of amides is 1. The summed E-state index contributed by atoms with van der Waals surface area (Å²) in [6.45, 7) is -0.579. The van der Waals surface area contributed by atoms with E-state index in [1.165, 1.54) is 0 Å². The number of hydrogen-bond acceptors (Lipinski definition) is 4. The van der Waals surface area contributed by atoms with Gasteiger partial charge in [0.05, 0.1) is 5.02 Å². The molecule has 5 nitrogen and oxygen atoms in total. The maximum atomic E-state index is 11.4. The van der Waals surface area contributed by atoms with Gasteiger partial charge in [-0.2, -0.15) is 0 Å². The number of nitrogens with one attached hydrogen (secondary N) is 1. The maximum absolute atomic E-state index is 11.4. The molecule has 0 heterocycles. The molecule has 1 aliphatic carbocycles.